The molecule has 0 saturated heterocycles. The summed E-state index contributed by atoms with van der Waals surface area (Å²) >= 11 is 0. The molecule has 5 heteroatoms. The van der Waals surface area contributed by atoms with E-state index in [-0.39, 0.29) is 11.5 Å². The molecular formula is C13H11N3O2. The van der Waals surface area contributed by atoms with Crippen molar-refractivity contribution in [3.05, 3.63) is 48.0 Å². The molecule has 0 aliphatic carbocycles. The van der Waals surface area contributed by atoms with Gasteiger partial charge in [0, 0.05) is 11.6 Å². The molecule has 0 atom stereocenters. The van der Waals surface area contributed by atoms with Crippen LogP contribution in [0.5, 0.6) is 11.5 Å². The van der Waals surface area contributed by atoms with Crippen molar-refractivity contribution < 1.29 is 10.2 Å². The third-order valence-electron chi connectivity index (χ3n) is 2.71. The summed E-state index contributed by atoms with van der Waals surface area (Å²) in [6.07, 6.45) is 0. The molecule has 2 N–H and O–H groups in total. The third kappa shape index (κ3) is 1.86. The van der Waals surface area contributed by atoms with Gasteiger partial charge in [-0.15, -0.1) is 0 Å². The van der Waals surface area contributed by atoms with Crippen LogP contribution in [-0.4, -0.2) is 25.2 Å². The van der Waals surface area contributed by atoms with Crippen LogP contribution in [0.3, 0.4) is 0 Å². The summed E-state index contributed by atoms with van der Waals surface area (Å²) in [7, 11) is 0. The number of phenolic OH excluding ortho intramolecular Hbond substituents is 2. The van der Waals surface area contributed by atoms with Crippen molar-refractivity contribution in [1.29, 1.82) is 0 Å². The molecule has 2 aromatic carbocycles. The summed E-state index contributed by atoms with van der Waals surface area (Å²) in [6, 6.07) is 12.1. The van der Waals surface area contributed by atoms with E-state index in [0.717, 1.165) is 11.0 Å². The fraction of sp³-hybridized carbons (Fsp3) is 0.0769. The van der Waals surface area contributed by atoms with Crippen molar-refractivity contribution in [3.8, 4) is 11.5 Å². The van der Waals surface area contributed by atoms with E-state index < -0.39 is 0 Å². The Morgan fingerprint density at radius 2 is 1.61 bits per heavy atom. The summed E-state index contributed by atoms with van der Waals surface area (Å²) in [5.74, 6) is 0.0752. The van der Waals surface area contributed by atoms with Gasteiger partial charge in [-0.1, -0.05) is 12.1 Å². The molecule has 0 radical (unpaired) electrons. The van der Waals surface area contributed by atoms with Crippen LogP contribution in [0.25, 0.3) is 11.0 Å². The zero-order valence-corrected chi connectivity index (χ0v) is 9.48. The van der Waals surface area contributed by atoms with E-state index in [2.05, 4.69) is 10.2 Å². The van der Waals surface area contributed by atoms with E-state index in [1.165, 1.54) is 16.9 Å². The van der Waals surface area contributed by atoms with E-state index in [1.54, 1.807) is 6.07 Å². The standard InChI is InChI=1S/C13H11N3O2/c17-10-6-5-9(13(18)7-10)8-16-14-11-3-1-2-4-12(11)15-16/h1-7,17-18H,8H2. The normalized spacial score (nSPS) is 10.9. The lowest BCUT2D eigenvalue weighted by atomic mass is 10.2. The Hall–Kier alpha value is -2.56. The lowest BCUT2D eigenvalue weighted by molar-refractivity contribution is 0.441. The first-order valence-electron chi connectivity index (χ1n) is 5.53. The maximum Gasteiger partial charge on any atom is 0.124 e. The second kappa shape index (κ2) is 4.03. The van der Waals surface area contributed by atoms with Crippen LogP contribution in [0.1, 0.15) is 5.56 Å². The van der Waals surface area contributed by atoms with Gasteiger partial charge in [-0.25, -0.2) is 0 Å². The predicted octanol–water partition coefficient (Wildman–Crippen LogP) is 1.89. The number of hydrogen-bond acceptors (Lipinski definition) is 4. The highest BCUT2D eigenvalue weighted by Gasteiger charge is 2.06. The summed E-state index contributed by atoms with van der Waals surface area (Å²) in [5, 5.41) is 27.5. The van der Waals surface area contributed by atoms with Crippen LogP contribution in [-0.2, 0) is 6.54 Å². The molecule has 0 aliphatic rings. The van der Waals surface area contributed by atoms with E-state index in [0.29, 0.717) is 12.1 Å². The maximum atomic E-state index is 9.70. The molecule has 0 amide bonds. The first-order chi connectivity index (χ1) is 8.72. The minimum Gasteiger partial charge on any atom is -0.508 e. The molecule has 3 aromatic rings. The number of hydrogen-bond donors (Lipinski definition) is 2. The molecule has 0 saturated carbocycles. The number of aromatic nitrogens is 3. The second-order valence-corrected chi connectivity index (χ2v) is 4.03. The first kappa shape index (κ1) is 10.6. The van der Waals surface area contributed by atoms with Crippen molar-refractivity contribution in [2.75, 3.05) is 0 Å². The monoisotopic (exact) mass is 241 g/mol. The smallest absolute Gasteiger partial charge is 0.124 e. The first-order valence-corrected chi connectivity index (χ1v) is 5.53. The number of aromatic hydroxyl groups is 2. The topological polar surface area (TPSA) is 71.2 Å². The van der Waals surface area contributed by atoms with Gasteiger partial charge in [-0.2, -0.15) is 15.0 Å². The molecule has 0 spiro atoms. The molecule has 0 fully saturated rings. The molecule has 0 aliphatic heterocycles. The van der Waals surface area contributed by atoms with Gasteiger partial charge in [0.05, 0.1) is 6.54 Å². The van der Waals surface area contributed by atoms with E-state index in [1.807, 2.05) is 24.3 Å². The molecule has 0 bridgehead atoms. The van der Waals surface area contributed by atoms with Crippen LogP contribution in [0.2, 0.25) is 0 Å². The van der Waals surface area contributed by atoms with Gasteiger partial charge >= 0.3 is 0 Å². The number of phenols is 2. The Kier molecular flexibility index (Phi) is 2.37. The molecule has 3 rings (SSSR count). The summed E-state index contributed by atoms with van der Waals surface area (Å²) in [4.78, 5) is 1.52. The van der Waals surface area contributed by atoms with Gasteiger partial charge in [0.1, 0.15) is 22.5 Å². The van der Waals surface area contributed by atoms with Gasteiger partial charge < -0.3 is 10.2 Å². The van der Waals surface area contributed by atoms with E-state index in [4.69, 9.17) is 0 Å². The molecule has 18 heavy (non-hydrogen) atoms. The van der Waals surface area contributed by atoms with Gasteiger partial charge in [-0.3, -0.25) is 0 Å². The summed E-state index contributed by atoms with van der Waals surface area (Å²) in [5.41, 5.74) is 2.29. The zero-order valence-electron chi connectivity index (χ0n) is 9.48. The number of benzene rings is 2. The van der Waals surface area contributed by atoms with Crippen LogP contribution >= 0.6 is 0 Å². The van der Waals surface area contributed by atoms with Gasteiger partial charge in [0.15, 0.2) is 0 Å². The van der Waals surface area contributed by atoms with E-state index >= 15 is 0 Å². The highest BCUT2D eigenvalue weighted by atomic mass is 16.3. The number of fused-ring (bicyclic) bond motifs is 1. The molecular weight excluding hydrogens is 230 g/mol. The molecule has 90 valence electrons. The Morgan fingerprint density at radius 1 is 0.944 bits per heavy atom. The lowest BCUT2D eigenvalue weighted by Crippen LogP contribution is -2.03. The largest absolute Gasteiger partial charge is 0.508 e. The maximum absolute atomic E-state index is 9.70. The van der Waals surface area contributed by atoms with E-state index in [9.17, 15) is 10.2 Å². The fourth-order valence-corrected chi connectivity index (χ4v) is 1.81. The Bertz CT molecular complexity index is 673. The highest BCUT2D eigenvalue weighted by molar-refractivity contribution is 5.72. The van der Waals surface area contributed by atoms with Gasteiger partial charge in [0.2, 0.25) is 0 Å². The number of rotatable bonds is 2. The van der Waals surface area contributed by atoms with Crippen LogP contribution in [0, 0.1) is 0 Å². The minimum atomic E-state index is 0.0369. The minimum absolute atomic E-state index is 0.0369. The van der Waals surface area contributed by atoms with Crippen molar-refractivity contribution >= 4 is 11.0 Å². The van der Waals surface area contributed by atoms with Crippen molar-refractivity contribution in [2.45, 2.75) is 6.54 Å². The van der Waals surface area contributed by atoms with Gasteiger partial charge in [-0.05, 0) is 24.3 Å². The Morgan fingerprint density at radius 3 is 2.22 bits per heavy atom. The van der Waals surface area contributed by atoms with Crippen molar-refractivity contribution in [1.82, 2.24) is 15.0 Å². The quantitative estimate of drug-likeness (QED) is 0.718. The Labute approximate surface area is 103 Å². The second-order valence-electron chi connectivity index (χ2n) is 4.03. The lowest BCUT2D eigenvalue weighted by Gasteiger charge is -2.03. The molecule has 0 unspecified atom stereocenters. The molecule has 1 aromatic heterocycles. The van der Waals surface area contributed by atoms with Crippen LogP contribution in [0.4, 0.5) is 0 Å². The average molecular weight is 241 g/mol. The van der Waals surface area contributed by atoms with Gasteiger partial charge in [0.25, 0.3) is 0 Å². The van der Waals surface area contributed by atoms with Crippen LogP contribution < -0.4 is 0 Å². The Balaban J connectivity index is 1.96. The van der Waals surface area contributed by atoms with Crippen molar-refractivity contribution in [2.24, 2.45) is 0 Å². The van der Waals surface area contributed by atoms with Crippen molar-refractivity contribution in [3.63, 3.8) is 0 Å². The highest BCUT2D eigenvalue weighted by Crippen LogP contribution is 2.23. The summed E-state index contributed by atoms with van der Waals surface area (Å²) < 4.78 is 0. The fourth-order valence-electron chi connectivity index (χ4n) is 1.81. The molecule has 1 heterocycles. The third-order valence-corrected chi connectivity index (χ3v) is 2.71. The zero-order chi connectivity index (χ0) is 12.5. The predicted molar refractivity (Wildman–Crippen MR) is 66.4 cm³/mol. The molecule has 5 nitrogen and oxygen atoms in total. The number of nitrogens with zero attached hydrogens (tertiary/aromatic N) is 3. The SMILES string of the molecule is Oc1ccc(Cn2nc3ccccc3n2)c(O)c1. The van der Waals surface area contributed by atoms with Crippen LogP contribution in [0.15, 0.2) is 42.5 Å². The summed E-state index contributed by atoms with van der Waals surface area (Å²) in [6.45, 7) is 0.362. The average Bonchev–Trinajstić information content (AvgIpc) is 2.75.